The molecule has 0 unspecified atom stereocenters. The predicted octanol–water partition coefficient (Wildman–Crippen LogP) is 3.60. The van der Waals surface area contributed by atoms with Gasteiger partial charge in [-0.3, -0.25) is 0 Å². The Bertz CT molecular complexity index is 1050. The number of halogens is 1. The summed E-state index contributed by atoms with van der Waals surface area (Å²) in [7, 11) is 0. The number of hydrogen-bond acceptors (Lipinski definition) is 6. The maximum absolute atomic E-state index is 6.13. The van der Waals surface area contributed by atoms with Gasteiger partial charge in [-0.25, -0.2) is 15.0 Å². The van der Waals surface area contributed by atoms with Gasteiger partial charge in [0.05, 0.1) is 0 Å². The molecule has 128 valence electrons. The number of fused-ring (bicyclic) bond motifs is 4. The van der Waals surface area contributed by atoms with Crippen molar-refractivity contribution in [2.75, 3.05) is 6.61 Å². The Balaban J connectivity index is 1.76. The van der Waals surface area contributed by atoms with Gasteiger partial charge in [0.2, 0.25) is 0 Å². The quantitative estimate of drug-likeness (QED) is 0.664. The van der Waals surface area contributed by atoms with E-state index >= 15 is 0 Å². The van der Waals surface area contributed by atoms with Gasteiger partial charge < -0.3 is 15.2 Å². The van der Waals surface area contributed by atoms with E-state index in [0.717, 1.165) is 38.2 Å². The molecule has 2 aliphatic heterocycles. The number of benzene rings is 2. The van der Waals surface area contributed by atoms with Crippen molar-refractivity contribution in [2.24, 2.45) is 10.7 Å². The standard InChI is InChI=1S/C19H13BrN4O2/c20-13-2-4-17-15(6-13)19(9-25-18(21)24-19)14-5-11(1-3-16(14)26-17)12-7-22-10-23-8-12/h1-8,10H,9H2,(H2,21,24)/t19-/m0/s1. The lowest BCUT2D eigenvalue weighted by molar-refractivity contribution is 0.264. The van der Waals surface area contributed by atoms with Gasteiger partial charge in [-0.2, -0.15) is 0 Å². The molecule has 3 heterocycles. The van der Waals surface area contributed by atoms with Crippen molar-refractivity contribution in [1.29, 1.82) is 0 Å². The topological polar surface area (TPSA) is 82.6 Å². The summed E-state index contributed by atoms with van der Waals surface area (Å²) >= 11 is 3.53. The van der Waals surface area contributed by atoms with E-state index < -0.39 is 5.54 Å². The molecular weight excluding hydrogens is 396 g/mol. The first-order valence-electron chi connectivity index (χ1n) is 8.02. The molecule has 2 N–H and O–H groups in total. The molecular formula is C19H13BrN4O2. The van der Waals surface area contributed by atoms with Crippen LogP contribution in [0.25, 0.3) is 11.1 Å². The molecule has 1 atom stereocenters. The predicted molar refractivity (Wildman–Crippen MR) is 100 cm³/mol. The second kappa shape index (κ2) is 5.54. The van der Waals surface area contributed by atoms with Gasteiger partial charge in [0.15, 0.2) is 5.54 Å². The maximum atomic E-state index is 6.13. The lowest BCUT2D eigenvalue weighted by Gasteiger charge is -2.33. The van der Waals surface area contributed by atoms with E-state index in [2.05, 4.69) is 30.9 Å². The van der Waals surface area contributed by atoms with Crippen LogP contribution in [0.4, 0.5) is 0 Å². The number of amidine groups is 1. The van der Waals surface area contributed by atoms with Crippen LogP contribution in [0.2, 0.25) is 0 Å². The average molecular weight is 409 g/mol. The Morgan fingerprint density at radius 2 is 1.69 bits per heavy atom. The largest absolute Gasteiger partial charge is 0.462 e. The molecule has 2 aliphatic rings. The summed E-state index contributed by atoms with van der Waals surface area (Å²) in [4.78, 5) is 12.9. The number of nitrogens with two attached hydrogens (primary N) is 1. The third-order valence-electron chi connectivity index (χ3n) is 4.66. The highest BCUT2D eigenvalue weighted by molar-refractivity contribution is 9.10. The summed E-state index contributed by atoms with van der Waals surface area (Å²) in [6.07, 6.45) is 5.06. The lowest BCUT2D eigenvalue weighted by atomic mass is 9.80. The van der Waals surface area contributed by atoms with Gasteiger partial charge in [0.25, 0.3) is 6.02 Å². The molecule has 2 aromatic carbocycles. The van der Waals surface area contributed by atoms with Crippen LogP contribution < -0.4 is 10.5 Å². The van der Waals surface area contributed by atoms with Crippen LogP contribution in [-0.2, 0) is 10.3 Å². The third kappa shape index (κ3) is 2.20. The fourth-order valence-electron chi connectivity index (χ4n) is 3.45. The van der Waals surface area contributed by atoms with Crippen LogP contribution in [0.5, 0.6) is 11.5 Å². The monoisotopic (exact) mass is 408 g/mol. The Hall–Kier alpha value is -2.93. The van der Waals surface area contributed by atoms with Crippen molar-refractivity contribution >= 4 is 22.0 Å². The number of ether oxygens (including phenoxy) is 2. The summed E-state index contributed by atoms with van der Waals surface area (Å²) in [5.41, 5.74) is 8.88. The molecule has 0 bridgehead atoms. The first-order chi connectivity index (χ1) is 12.7. The minimum Gasteiger partial charge on any atom is -0.462 e. The number of hydrogen-bond donors (Lipinski definition) is 1. The van der Waals surface area contributed by atoms with Crippen LogP contribution in [-0.4, -0.2) is 22.6 Å². The molecule has 0 amide bonds. The molecule has 1 aromatic heterocycles. The zero-order valence-electron chi connectivity index (χ0n) is 13.5. The third-order valence-corrected chi connectivity index (χ3v) is 5.15. The van der Waals surface area contributed by atoms with Crippen molar-refractivity contribution in [3.8, 4) is 22.6 Å². The molecule has 0 radical (unpaired) electrons. The van der Waals surface area contributed by atoms with Gasteiger partial charge in [-0.05, 0) is 35.9 Å². The van der Waals surface area contributed by atoms with Crippen molar-refractivity contribution in [2.45, 2.75) is 5.54 Å². The second-order valence-electron chi connectivity index (χ2n) is 6.18. The van der Waals surface area contributed by atoms with Gasteiger partial charge in [-0.15, -0.1) is 0 Å². The van der Waals surface area contributed by atoms with Crippen LogP contribution >= 0.6 is 15.9 Å². The van der Waals surface area contributed by atoms with E-state index in [4.69, 9.17) is 15.2 Å². The number of aromatic nitrogens is 2. The summed E-state index contributed by atoms with van der Waals surface area (Å²) in [5.74, 6) is 1.49. The highest BCUT2D eigenvalue weighted by atomic mass is 79.9. The zero-order valence-corrected chi connectivity index (χ0v) is 15.1. The van der Waals surface area contributed by atoms with Gasteiger partial charge in [0.1, 0.15) is 24.4 Å². The minimum atomic E-state index is -0.734. The fraction of sp³-hybridized carbons (Fsp3) is 0.105. The highest BCUT2D eigenvalue weighted by Gasteiger charge is 2.47. The molecule has 3 aromatic rings. The van der Waals surface area contributed by atoms with Crippen molar-refractivity contribution in [3.05, 3.63) is 70.7 Å². The normalized spacial score (nSPS) is 20.0. The molecule has 26 heavy (non-hydrogen) atoms. The van der Waals surface area contributed by atoms with E-state index in [1.54, 1.807) is 12.4 Å². The first-order valence-corrected chi connectivity index (χ1v) is 8.81. The number of nitrogens with zero attached hydrogens (tertiary/aromatic N) is 3. The highest BCUT2D eigenvalue weighted by Crippen LogP contribution is 2.52. The molecule has 7 heteroatoms. The Morgan fingerprint density at radius 1 is 0.962 bits per heavy atom. The lowest BCUT2D eigenvalue weighted by Crippen LogP contribution is -2.31. The molecule has 0 saturated heterocycles. The zero-order chi connectivity index (χ0) is 17.7. The summed E-state index contributed by atoms with van der Waals surface area (Å²) in [6.45, 7) is 0.327. The fourth-order valence-corrected chi connectivity index (χ4v) is 3.82. The molecule has 6 nitrogen and oxygen atoms in total. The molecule has 1 spiro atoms. The van der Waals surface area contributed by atoms with Crippen LogP contribution in [0.3, 0.4) is 0 Å². The van der Waals surface area contributed by atoms with Gasteiger partial charge in [0, 0.05) is 33.6 Å². The summed E-state index contributed by atoms with van der Waals surface area (Å²) in [6, 6.07) is 12.0. The number of rotatable bonds is 1. The minimum absolute atomic E-state index is 0.178. The SMILES string of the molecule is NC1=N[C@]2(CO1)c1cc(Br)ccc1Oc1ccc(-c3cncnc3)cc12. The Morgan fingerprint density at radius 3 is 2.42 bits per heavy atom. The maximum Gasteiger partial charge on any atom is 0.283 e. The molecule has 0 fully saturated rings. The number of aliphatic imine (C=N–C) groups is 1. The van der Waals surface area contributed by atoms with E-state index in [1.165, 1.54) is 6.33 Å². The van der Waals surface area contributed by atoms with E-state index in [9.17, 15) is 0 Å². The summed E-state index contributed by atoms with van der Waals surface area (Å²) in [5, 5.41) is 0. The van der Waals surface area contributed by atoms with Crippen molar-refractivity contribution in [3.63, 3.8) is 0 Å². The smallest absolute Gasteiger partial charge is 0.283 e. The summed E-state index contributed by atoms with van der Waals surface area (Å²) < 4.78 is 12.6. The van der Waals surface area contributed by atoms with Crippen LogP contribution in [0.1, 0.15) is 11.1 Å². The van der Waals surface area contributed by atoms with Gasteiger partial charge in [-0.1, -0.05) is 22.0 Å². The first kappa shape index (κ1) is 15.3. The van der Waals surface area contributed by atoms with E-state index in [1.807, 2.05) is 36.4 Å². The Labute approximate surface area is 157 Å². The second-order valence-corrected chi connectivity index (χ2v) is 7.10. The van der Waals surface area contributed by atoms with E-state index in [-0.39, 0.29) is 6.02 Å². The van der Waals surface area contributed by atoms with Crippen LogP contribution in [0.15, 0.2) is 64.6 Å². The Kier molecular flexibility index (Phi) is 3.27. The molecule has 0 aliphatic carbocycles. The van der Waals surface area contributed by atoms with Crippen LogP contribution in [0, 0.1) is 0 Å². The van der Waals surface area contributed by atoms with Crippen molar-refractivity contribution < 1.29 is 9.47 Å². The van der Waals surface area contributed by atoms with Crippen molar-refractivity contribution in [1.82, 2.24) is 9.97 Å². The molecule has 5 rings (SSSR count). The average Bonchev–Trinajstić information content (AvgIpc) is 3.06. The molecule has 0 saturated carbocycles. The van der Waals surface area contributed by atoms with Gasteiger partial charge >= 0.3 is 0 Å². The van der Waals surface area contributed by atoms with E-state index in [0.29, 0.717) is 6.61 Å².